The van der Waals surface area contributed by atoms with Gasteiger partial charge in [-0.25, -0.2) is 5.43 Å². The van der Waals surface area contributed by atoms with E-state index in [-0.39, 0.29) is 18.2 Å². The molecule has 0 unspecified atom stereocenters. The van der Waals surface area contributed by atoms with E-state index in [1.807, 2.05) is 6.92 Å². The molecule has 0 atom stereocenters. The number of hydrogen-bond acceptors (Lipinski definition) is 4. The Labute approximate surface area is 168 Å². The van der Waals surface area contributed by atoms with Crippen molar-refractivity contribution in [1.29, 1.82) is 0 Å². The minimum Gasteiger partial charge on any atom is -0.326 e. The number of nitrogens with one attached hydrogen (secondary N) is 3. The molecule has 0 saturated heterocycles. The van der Waals surface area contributed by atoms with Gasteiger partial charge in [-0.2, -0.15) is 5.10 Å². The van der Waals surface area contributed by atoms with E-state index >= 15 is 0 Å². The molecule has 0 aliphatic heterocycles. The number of allylic oxidation sites excluding steroid dienone is 2. The van der Waals surface area contributed by atoms with Gasteiger partial charge >= 0.3 is 0 Å². The molecule has 0 fully saturated rings. The fraction of sp³-hybridized carbons (Fsp3) is 0.250. The maximum Gasteiger partial charge on any atom is 0.275 e. The summed E-state index contributed by atoms with van der Waals surface area (Å²) < 4.78 is 0. The molecule has 0 saturated carbocycles. The van der Waals surface area contributed by atoms with E-state index in [4.69, 9.17) is 11.6 Å². The first kappa shape index (κ1) is 21.2. The molecule has 1 aliphatic carbocycles. The predicted octanol–water partition coefficient (Wildman–Crippen LogP) is 2.97. The highest BCUT2D eigenvalue weighted by Crippen LogP contribution is 2.19. The predicted molar refractivity (Wildman–Crippen MR) is 109 cm³/mol. The van der Waals surface area contributed by atoms with Gasteiger partial charge in [0.05, 0.1) is 12.0 Å². The van der Waals surface area contributed by atoms with Gasteiger partial charge in [0.2, 0.25) is 11.8 Å². The molecule has 7 nitrogen and oxygen atoms in total. The molecule has 146 valence electrons. The lowest BCUT2D eigenvalue weighted by atomic mass is 10.1. The van der Waals surface area contributed by atoms with E-state index in [1.54, 1.807) is 31.2 Å². The van der Waals surface area contributed by atoms with Gasteiger partial charge in [-0.05, 0) is 37.6 Å². The first-order valence-electron chi connectivity index (χ1n) is 8.57. The fourth-order valence-corrected chi connectivity index (χ4v) is 2.62. The monoisotopic (exact) mass is 400 g/mol. The minimum atomic E-state index is -0.414. The summed E-state index contributed by atoms with van der Waals surface area (Å²) in [5.41, 5.74) is 8.18. The van der Waals surface area contributed by atoms with Crippen LogP contribution in [0.3, 0.4) is 0 Å². The normalized spacial score (nSPS) is 13.4. The molecule has 3 amide bonds. The van der Waals surface area contributed by atoms with Crippen molar-refractivity contribution in [2.24, 2.45) is 5.10 Å². The van der Waals surface area contributed by atoms with E-state index in [0.717, 1.165) is 5.56 Å². The van der Waals surface area contributed by atoms with Crippen LogP contribution >= 0.6 is 11.6 Å². The van der Waals surface area contributed by atoms with Crippen LogP contribution in [0, 0.1) is 6.92 Å². The third-order valence-electron chi connectivity index (χ3n) is 3.75. The van der Waals surface area contributed by atoms with Gasteiger partial charge in [0, 0.05) is 41.5 Å². The third kappa shape index (κ3) is 6.54. The third-order valence-corrected chi connectivity index (χ3v) is 3.98. The molecule has 28 heavy (non-hydrogen) atoms. The van der Waals surface area contributed by atoms with Crippen LogP contribution in [0.4, 0.5) is 5.69 Å². The van der Waals surface area contributed by atoms with Gasteiger partial charge in [-0.1, -0.05) is 17.7 Å². The van der Waals surface area contributed by atoms with Gasteiger partial charge in [0.1, 0.15) is 0 Å². The molecule has 0 radical (unpaired) electrons. The number of amides is 3. The number of hydrogen-bond donors (Lipinski definition) is 3. The largest absolute Gasteiger partial charge is 0.326 e. The Morgan fingerprint density at radius 1 is 1.21 bits per heavy atom. The number of carbonyl (C=O) groups excluding carboxylic acids is 3. The molecular formula is C20H21ClN4O3. The summed E-state index contributed by atoms with van der Waals surface area (Å²) in [4.78, 5) is 35.2. The smallest absolute Gasteiger partial charge is 0.275 e. The highest BCUT2D eigenvalue weighted by atomic mass is 35.5. The second-order valence-corrected chi connectivity index (χ2v) is 6.72. The Hall–Kier alpha value is -3.15. The summed E-state index contributed by atoms with van der Waals surface area (Å²) in [6.45, 7) is 4.90. The molecule has 0 aromatic heterocycles. The Balaban J connectivity index is 1.88. The Morgan fingerprint density at radius 2 is 1.96 bits per heavy atom. The Bertz CT molecular complexity index is 941. The summed E-state index contributed by atoms with van der Waals surface area (Å²) in [5, 5.41) is 9.96. The summed E-state index contributed by atoms with van der Waals surface area (Å²) in [6.07, 6.45) is 3.59. The number of carbonyl (C=O) groups is 3. The Kier molecular flexibility index (Phi) is 7.32. The van der Waals surface area contributed by atoms with Gasteiger partial charge in [-0.3, -0.25) is 14.4 Å². The van der Waals surface area contributed by atoms with Crippen molar-refractivity contribution in [1.82, 2.24) is 10.7 Å². The van der Waals surface area contributed by atoms with Crippen molar-refractivity contribution in [3.63, 3.8) is 0 Å². The highest BCUT2D eigenvalue weighted by molar-refractivity contribution is 6.30. The van der Waals surface area contributed by atoms with Crippen LogP contribution in [0.25, 0.3) is 0 Å². The lowest BCUT2D eigenvalue weighted by Gasteiger charge is -2.09. The first-order valence-corrected chi connectivity index (χ1v) is 8.95. The quantitative estimate of drug-likeness (QED) is 0.389. The Morgan fingerprint density at radius 3 is 2.57 bits per heavy atom. The number of nitrogens with zero attached hydrogens (tertiary/aromatic N) is 1. The molecular weight excluding hydrogens is 380 g/mol. The van der Waals surface area contributed by atoms with Crippen LogP contribution in [0.2, 0.25) is 5.02 Å². The average Bonchev–Trinajstić information content (AvgIpc) is 2.62. The second-order valence-electron chi connectivity index (χ2n) is 6.28. The van der Waals surface area contributed by atoms with Crippen LogP contribution in [0.15, 0.2) is 52.5 Å². The number of anilines is 1. The van der Waals surface area contributed by atoms with Gasteiger partial charge in [-0.15, -0.1) is 5.73 Å². The lowest BCUT2D eigenvalue weighted by Crippen LogP contribution is -2.24. The van der Waals surface area contributed by atoms with Crippen LogP contribution in [0.1, 0.15) is 32.3 Å². The van der Waals surface area contributed by atoms with E-state index < -0.39 is 5.91 Å². The summed E-state index contributed by atoms with van der Waals surface area (Å²) >= 11 is 5.90. The SMILES string of the molecule is CC(=O)NC1=CCC(C(=O)NN=C(C)CC(=O)Nc2ccc(Cl)cc2C)=C=C1. The van der Waals surface area contributed by atoms with E-state index in [0.29, 0.717) is 34.1 Å². The highest BCUT2D eigenvalue weighted by Gasteiger charge is 2.12. The van der Waals surface area contributed by atoms with Crippen molar-refractivity contribution in [3.05, 3.63) is 57.9 Å². The molecule has 2 rings (SSSR count). The van der Waals surface area contributed by atoms with Crippen molar-refractivity contribution >= 4 is 40.7 Å². The van der Waals surface area contributed by atoms with E-state index in [9.17, 15) is 14.4 Å². The molecule has 1 aromatic carbocycles. The van der Waals surface area contributed by atoms with Gasteiger partial charge in [0.15, 0.2) is 0 Å². The van der Waals surface area contributed by atoms with Crippen LogP contribution in [0.5, 0.6) is 0 Å². The van der Waals surface area contributed by atoms with Crippen LogP contribution in [-0.4, -0.2) is 23.4 Å². The zero-order valence-electron chi connectivity index (χ0n) is 15.9. The molecule has 0 spiro atoms. The molecule has 0 bridgehead atoms. The van der Waals surface area contributed by atoms with Gasteiger partial charge < -0.3 is 10.6 Å². The van der Waals surface area contributed by atoms with Crippen LogP contribution in [-0.2, 0) is 14.4 Å². The molecule has 8 heteroatoms. The van der Waals surface area contributed by atoms with Crippen molar-refractivity contribution < 1.29 is 14.4 Å². The standard InChI is InChI=1S/C20H21ClN4O3/c1-12-10-16(21)6-9-18(12)23-19(27)11-13(2)24-25-20(28)15-4-7-17(8-5-15)22-14(3)26/h6-10H,4,11H2,1-3H3,(H,22,26)(H,23,27)(H,25,28). The molecule has 0 heterocycles. The zero-order chi connectivity index (χ0) is 20.7. The number of halogens is 1. The first-order chi connectivity index (χ1) is 13.2. The number of aryl methyl sites for hydroxylation is 1. The average molecular weight is 401 g/mol. The molecule has 3 N–H and O–H groups in total. The topological polar surface area (TPSA) is 99.7 Å². The van der Waals surface area contributed by atoms with Crippen molar-refractivity contribution in [2.75, 3.05) is 5.32 Å². The van der Waals surface area contributed by atoms with Gasteiger partial charge in [0.25, 0.3) is 5.91 Å². The molecule has 1 aromatic rings. The molecule has 1 aliphatic rings. The summed E-state index contributed by atoms with van der Waals surface area (Å²) in [6, 6.07) is 5.19. The summed E-state index contributed by atoms with van der Waals surface area (Å²) in [5.74, 6) is -0.854. The number of rotatable bonds is 6. The lowest BCUT2D eigenvalue weighted by molar-refractivity contribution is -0.118. The number of hydrazone groups is 1. The van der Waals surface area contributed by atoms with Crippen molar-refractivity contribution in [3.8, 4) is 0 Å². The maximum atomic E-state index is 12.1. The maximum absolute atomic E-state index is 12.1. The fourth-order valence-electron chi connectivity index (χ4n) is 2.39. The minimum absolute atomic E-state index is 0.0316. The summed E-state index contributed by atoms with van der Waals surface area (Å²) in [7, 11) is 0. The second kappa shape index (κ2) is 9.69. The number of benzene rings is 1. The van der Waals surface area contributed by atoms with E-state index in [2.05, 4.69) is 26.9 Å². The van der Waals surface area contributed by atoms with Crippen molar-refractivity contribution in [2.45, 2.75) is 33.6 Å². The van der Waals surface area contributed by atoms with Crippen LogP contribution < -0.4 is 16.1 Å². The zero-order valence-corrected chi connectivity index (χ0v) is 16.6. The van der Waals surface area contributed by atoms with E-state index in [1.165, 1.54) is 13.0 Å².